The fraction of sp³-hybridized carbons (Fsp3) is 0.800. The Morgan fingerprint density at radius 1 is 1.17 bits per heavy atom. The van der Waals surface area contributed by atoms with E-state index in [-0.39, 0.29) is 11.6 Å². The third-order valence-electron chi connectivity index (χ3n) is 2.23. The van der Waals surface area contributed by atoms with Crippen LogP contribution in [0.2, 0.25) is 0 Å². The monoisotopic (exact) mass is 170 g/mol. The maximum atomic E-state index is 11.4. The van der Waals surface area contributed by atoms with Crippen molar-refractivity contribution in [3.63, 3.8) is 0 Å². The predicted molar refractivity (Wildman–Crippen MR) is 49.0 cm³/mol. The van der Waals surface area contributed by atoms with Gasteiger partial charge in [-0.25, -0.2) is 0 Å². The minimum Gasteiger partial charge on any atom is -0.291 e. The lowest BCUT2D eigenvalue weighted by atomic mass is 9.82. The zero-order valence-electron chi connectivity index (χ0n) is 8.44. The van der Waals surface area contributed by atoms with E-state index in [4.69, 9.17) is 0 Å². The maximum absolute atomic E-state index is 11.4. The molecule has 0 aromatic rings. The average molecular weight is 170 g/mol. The van der Waals surface area contributed by atoms with E-state index in [1.54, 1.807) is 0 Å². The summed E-state index contributed by atoms with van der Waals surface area (Å²) in [6, 6.07) is 0. The zero-order chi connectivity index (χ0) is 9.78. The van der Waals surface area contributed by atoms with Gasteiger partial charge in [-0.2, -0.15) is 0 Å². The topological polar surface area (TPSA) is 34.1 Å². The Labute approximate surface area is 74.3 Å². The second-order valence-electron chi connectivity index (χ2n) is 3.74. The summed E-state index contributed by atoms with van der Waals surface area (Å²) in [6.45, 7) is 7.48. The van der Waals surface area contributed by atoms with Crippen LogP contribution in [0.15, 0.2) is 0 Å². The van der Waals surface area contributed by atoms with E-state index in [1.807, 2.05) is 27.7 Å². The van der Waals surface area contributed by atoms with Crippen molar-refractivity contribution in [3.05, 3.63) is 0 Å². The van der Waals surface area contributed by atoms with Crippen molar-refractivity contribution in [3.8, 4) is 0 Å². The van der Waals surface area contributed by atoms with Crippen LogP contribution in [0.1, 0.15) is 47.0 Å². The third kappa shape index (κ3) is 2.76. The molecule has 0 saturated heterocycles. The molecule has 0 fully saturated rings. The van der Waals surface area contributed by atoms with Crippen LogP contribution in [-0.4, -0.2) is 11.6 Å². The molecule has 0 atom stereocenters. The molecule has 0 amide bonds. The minimum atomic E-state index is -0.466. The molecule has 0 saturated carbocycles. The summed E-state index contributed by atoms with van der Waals surface area (Å²) in [5, 5.41) is 0. The molecular formula is C10H18O2. The molecule has 0 heterocycles. The lowest BCUT2D eigenvalue weighted by Crippen LogP contribution is -2.30. The smallest absolute Gasteiger partial charge is 0.203 e. The Bertz CT molecular complexity index is 180. The molecule has 0 aliphatic heterocycles. The molecule has 0 aromatic heterocycles. The lowest BCUT2D eigenvalue weighted by molar-refractivity contribution is -0.141. The van der Waals surface area contributed by atoms with Crippen LogP contribution in [0, 0.1) is 5.41 Å². The molecule has 0 bridgehead atoms. The van der Waals surface area contributed by atoms with Crippen LogP contribution < -0.4 is 0 Å². The van der Waals surface area contributed by atoms with E-state index in [9.17, 15) is 9.59 Å². The van der Waals surface area contributed by atoms with Gasteiger partial charge < -0.3 is 0 Å². The van der Waals surface area contributed by atoms with Gasteiger partial charge in [-0.05, 0) is 12.8 Å². The van der Waals surface area contributed by atoms with E-state index in [0.29, 0.717) is 6.42 Å². The predicted octanol–water partition coefficient (Wildman–Crippen LogP) is 2.36. The van der Waals surface area contributed by atoms with E-state index >= 15 is 0 Å². The van der Waals surface area contributed by atoms with Gasteiger partial charge >= 0.3 is 0 Å². The Morgan fingerprint density at radius 3 is 2.00 bits per heavy atom. The first-order valence-corrected chi connectivity index (χ1v) is 4.53. The molecule has 2 nitrogen and oxygen atoms in total. The number of carbonyl (C=O) groups is 2. The maximum Gasteiger partial charge on any atom is 0.203 e. The largest absolute Gasteiger partial charge is 0.291 e. The second-order valence-corrected chi connectivity index (χ2v) is 3.74. The summed E-state index contributed by atoms with van der Waals surface area (Å²) in [5.74, 6) is -0.434. The van der Waals surface area contributed by atoms with E-state index in [0.717, 1.165) is 12.8 Å². The molecule has 0 radical (unpaired) electrons. The van der Waals surface area contributed by atoms with Crippen molar-refractivity contribution in [1.29, 1.82) is 0 Å². The normalized spacial score (nSPS) is 11.3. The van der Waals surface area contributed by atoms with Crippen molar-refractivity contribution in [1.82, 2.24) is 0 Å². The summed E-state index contributed by atoms with van der Waals surface area (Å²) < 4.78 is 0. The van der Waals surface area contributed by atoms with E-state index in [1.165, 1.54) is 0 Å². The number of hydrogen-bond acceptors (Lipinski definition) is 2. The standard InChI is InChI=1S/C10H18O2/c1-5-7-8(11)9(12)10(3,4)6-2/h5-7H2,1-4H3. The Balaban J connectivity index is 4.29. The molecule has 0 aliphatic rings. The molecule has 12 heavy (non-hydrogen) atoms. The van der Waals surface area contributed by atoms with Gasteiger partial charge in [0.2, 0.25) is 5.78 Å². The fourth-order valence-corrected chi connectivity index (χ4v) is 0.879. The summed E-state index contributed by atoms with van der Waals surface area (Å²) in [5.41, 5.74) is -0.466. The van der Waals surface area contributed by atoms with Crippen molar-refractivity contribution in [2.45, 2.75) is 47.0 Å². The molecule has 0 aliphatic carbocycles. The van der Waals surface area contributed by atoms with Crippen molar-refractivity contribution < 1.29 is 9.59 Å². The molecule has 0 N–H and O–H groups in total. The molecule has 0 spiro atoms. The van der Waals surface area contributed by atoms with Gasteiger partial charge in [-0.15, -0.1) is 0 Å². The van der Waals surface area contributed by atoms with Gasteiger partial charge in [-0.1, -0.05) is 27.7 Å². The lowest BCUT2D eigenvalue weighted by Gasteiger charge is -2.19. The van der Waals surface area contributed by atoms with E-state index < -0.39 is 5.41 Å². The highest BCUT2D eigenvalue weighted by Crippen LogP contribution is 2.21. The molecule has 2 heteroatoms. The number of ketones is 2. The van der Waals surface area contributed by atoms with Crippen LogP contribution in [-0.2, 0) is 9.59 Å². The highest BCUT2D eigenvalue weighted by Gasteiger charge is 2.29. The summed E-state index contributed by atoms with van der Waals surface area (Å²) >= 11 is 0. The first-order valence-electron chi connectivity index (χ1n) is 4.53. The summed E-state index contributed by atoms with van der Waals surface area (Å²) in [7, 11) is 0. The molecule has 0 unspecified atom stereocenters. The Kier molecular flexibility index (Phi) is 4.15. The van der Waals surface area contributed by atoms with Gasteiger partial charge in [0.25, 0.3) is 0 Å². The van der Waals surface area contributed by atoms with E-state index in [2.05, 4.69) is 0 Å². The Morgan fingerprint density at radius 2 is 1.67 bits per heavy atom. The number of Topliss-reactive ketones (excluding diaryl/α,β-unsaturated/α-hetero) is 2. The number of carbonyl (C=O) groups excluding carboxylic acids is 2. The molecule has 70 valence electrons. The average Bonchev–Trinajstić information content (AvgIpc) is 2.03. The summed E-state index contributed by atoms with van der Waals surface area (Å²) in [6.07, 6.45) is 1.87. The molecular weight excluding hydrogens is 152 g/mol. The van der Waals surface area contributed by atoms with Gasteiger partial charge in [0.15, 0.2) is 5.78 Å². The molecule has 0 aromatic carbocycles. The first-order chi connectivity index (χ1) is 5.45. The van der Waals surface area contributed by atoms with Gasteiger partial charge in [0, 0.05) is 11.8 Å². The van der Waals surface area contributed by atoms with Crippen LogP contribution in [0.5, 0.6) is 0 Å². The van der Waals surface area contributed by atoms with Gasteiger partial charge in [0.05, 0.1) is 0 Å². The van der Waals surface area contributed by atoms with Crippen molar-refractivity contribution in [2.75, 3.05) is 0 Å². The number of hydrogen-bond donors (Lipinski definition) is 0. The zero-order valence-corrected chi connectivity index (χ0v) is 8.44. The Hall–Kier alpha value is -0.660. The second kappa shape index (κ2) is 4.39. The summed E-state index contributed by atoms with van der Waals surface area (Å²) in [4.78, 5) is 22.6. The van der Waals surface area contributed by atoms with Crippen molar-refractivity contribution >= 4 is 11.6 Å². The first kappa shape index (κ1) is 11.3. The van der Waals surface area contributed by atoms with Gasteiger partial charge in [-0.3, -0.25) is 9.59 Å². The van der Waals surface area contributed by atoms with Crippen molar-refractivity contribution in [2.24, 2.45) is 5.41 Å². The quantitative estimate of drug-likeness (QED) is 0.593. The molecule has 0 rings (SSSR count). The van der Waals surface area contributed by atoms with Crippen LogP contribution >= 0.6 is 0 Å². The van der Waals surface area contributed by atoms with Crippen LogP contribution in [0.3, 0.4) is 0 Å². The van der Waals surface area contributed by atoms with Crippen LogP contribution in [0.25, 0.3) is 0 Å². The third-order valence-corrected chi connectivity index (χ3v) is 2.23. The van der Waals surface area contributed by atoms with Gasteiger partial charge in [0.1, 0.15) is 0 Å². The van der Waals surface area contributed by atoms with Crippen LogP contribution in [0.4, 0.5) is 0 Å². The SMILES string of the molecule is CCCC(=O)C(=O)C(C)(C)CC. The highest BCUT2D eigenvalue weighted by molar-refractivity contribution is 6.38. The number of rotatable bonds is 5. The highest BCUT2D eigenvalue weighted by atomic mass is 16.2. The fourth-order valence-electron chi connectivity index (χ4n) is 0.879. The minimum absolute atomic E-state index is 0.216.